The van der Waals surface area contributed by atoms with Gasteiger partial charge in [-0.15, -0.1) is 0 Å². The summed E-state index contributed by atoms with van der Waals surface area (Å²) < 4.78 is 11.5. The van der Waals surface area contributed by atoms with Crippen LogP contribution in [0.1, 0.15) is 24.2 Å². The van der Waals surface area contributed by atoms with Crippen molar-refractivity contribution in [3.8, 4) is 16.9 Å². The highest BCUT2D eigenvalue weighted by atomic mass is 16.7. The Morgan fingerprint density at radius 3 is 2.45 bits per heavy atom. The van der Waals surface area contributed by atoms with Gasteiger partial charge in [0.25, 0.3) is 5.69 Å². The van der Waals surface area contributed by atoms with Crippen LogP contribution in [0.25, 0.3) is 11.1 Å². The third-order valence-corrected chi connectivity index (χ3v) is 5.23. The molecule has 1 aliphatic heterocycles. The van der Waals surface area contributed by atoms with Crippen molar-refractivity contribution in [2.45, 2.75) is 44.5 Å². The van der Waals surface area contributed by atoms with Crippen molar-refractivity contribution in [2.24, 2.45) is 0 Å². The van der Waals surface area contributed by atoms with Crippen LogP contribution in [0.2, 0.25) is 0 Å². The van der Waals surface area contributed by atoms with Crippen molar-refractivity contribution < 1.29 is 39.3 Å². The van der Waals surface area contributed by atoms with Gasteiger partial charge < -0.3 is 30.1 Å². The van der Waals surface area contributed by atoms with Crippen molar-refractivity contribution in [1.29, 1.82) is 0 Å². The summed E-state index contributed by atoms with van der Waals surface area (Å²) in [6, 6.07) is 9.23. The molecule has 4 N–H and O–H groups in total. The molecule has 0 radical (unpaired) electrons. The lowest BCUT2D eigenvalue weighted by atomic mass is 9.96. The number of nitrogens with one attached hydrogen (secondary N) is 1. The number of hydrogen-bond donors (Lipinski definition) is 4. The van der Waals surface area contributed by atoms with Crippen molar-refractivity contribution in [2.75, 3.05) is 6.61 Å². The molecule has 5 atom stereocenters. The number of para-hydroxylation sites is 1. The van der Waals surface area contributed by atoms with Gasteiger partial charge >= 0.3 is 0 Å². The van der Waals surface area contributed by atoms with E-state index in [2.05, 4.69) is 5.32 Å². The molecule has 0 spiro atoms. The molecule has 0 aromatic heterocycles. The molecule has 0 saturated carbocycles. The molecule has 2 aromatic carbocycles. The summed E-state index contributed by atoms with van der Waals surface area (Å²) in [4.78, 5) is 34.3. The van der Waals surface area contributed by atoms with Crippen molar-refractivity contribution >= 4 is 17.4 Å². The van der Waals surface area contributed by atoms with Crippen LogP contribution in [0.4, 0.5) is 5.69 Å². The number of Topliss-reactive ketones (excluding diaryl/α,β-unsaturated/α-hetero) is 1. The summed E-state index contributed by atoms with van der Waals surface area (Å²) in [5.74, 6) is -0.695. The number of amides is 1. The molecule has 1 amide bonds. The smallest absolute Gasteiger partial charge is 0.270 e. The molecule has 11 heteroatoms. The monoisotopic (exact) mass is 460 g/mol. The second-order valence-electron chi connectivity index (χ2n) is 7.63. The van der Waals surface area contributed by atoms with Gasteiger partial charge in [0.15, 0.2) is 5.78 Å². The van der Waals surface area contributed by atoms with Crippen LogP contribution < -0.4 is 10.1 Å². The highest BCUT2D eigenvalue weighted by Gasteiger charge is 2.46. The number of benzene rings is 2. The predicted molar refractivity (Wildman–Crippen MR) is 115 cm³/mol. The molecule has 1 saturated heterocycles. The molecule has 1 aliphatic rings. The number of nitrogens with zero attached hydrogens (tertiary/aromatic N) is 1. The normalized spacial score (nSPS) is 24.7. The van der Waals surface area contributed by atoms with Gasteiger partial charge in [-0.25, -0.2) is 0 Å². The number of ketones is 1. The Hall–Kier alpha value is -3.38. The first-order valence-electron chi connectivity index (χ1n) is 10.1. The van der Waals surface area contributed by atoms with E-state index in [1.54, 1.807) is 24.3 Å². The Morgan fingerprint density at radius 1 is 1.15 bits per heavy atom. The van der Waals surface area contributed by atoms with Crippen molar-refractivity contribution in [3.05, 3.63) is 58.1 Å². The van der Waals surface area contributed by atoms with E-state index in [-0.39, 0.29) is 22.8 Å². The molecular formula is C22H24N2O9. The average Bonchev–Trinajstić information content (AvgIpc) is 2.78. The van der Waals surface area contributed by atoms with Crippen LogP contribution in [-0.4, -0.2) is 69.2 Å². The molecule has 2 aromatic rings. The predicted octanol–water partition coefficient (Wildman–Crippen LogP) is 0.787. The summed E-state index contributed by atoms with van der Waals surface area (Å²) in [6.07, 6.45) is -5.46. The first-order valence-corrected chi connectivity index (χ1v) is 10.1. The molecule has 2 unspecified atom stereocenters. The first kappa shape index (κ1) is 24.3. The van der Waals surface area contributed by atoms with Crippen LogP contribution in [0, 0.1) is 10.1 Å². The number of aliphatic hydroxyl groups is 3. The van der Waals surface area contributed by atoms with Gasteiger partial charge in [-0.3, -0.25) is 19.7 Å². The summed E-state index contributed by atoms with van der Waals surface area (Å²) in [6.45, 7) is 1.90. The molecule has 1 heterocycles. The quantitative estimate of drug-likeness (QED) is 0.265. The number of aliphatic hydroxyl groups excluding tert-OH is 3. The van der Waals surface area contributed by atoms with E-state index in [4.69, 9.17) is 9.47 Å². The minimum atomic E-state index is -1.50. The molecule has 11 nitrogen and oxygen atoms in total. The third-order valence-electron chi connectivity index (χ3n) is 5.23. The van der Waals surface area contributed by atoms with E-state index in [9.17, 15) is 35.0 Å². The molecule has 176 valence electrons. The lowest BCUT2D eigenvalue weighted by molar-refractivity contribution is -0.384. The maximum Gasteiger partial charge on any atom is 0.270 e. The number of nitro benzene ring substituents is 1. The average molecular weight is 460 g/mol. The zero-order valence-corrected chi connectivity index (χ0v) is 17.9. The van der Waals surface area contributed by atoms with Gasteiger partial charge in [-0.05, 0) is 24.6 Å². The standard InChI is InChI=1S/C22H24N2O9/c1-11(26)13-7-14(9-15(8-13)24(30)31)16-5-3-4-6-17(16)32-22-19(23-12(2)27)21(29)20(28)18(10-25)33-22/h3-9,18-22,25,28-29H,10H2,1-2H3,(H,23,27)/t18?,19?,20-,21+,22+/m0/s1. The largest absolute Gasteiger partial charge is 0.462 e. The number of rotatable bonds is 7. The topological polar surface area (TPSA) is 168 Å². The summed E-state index contributed by atoms with van der Waals surface area (Å²) in [5, 5.41) is 44.0. The maximum atomic E-state index is 11.9. The van der Waals surface area contributed by atoms with E-state index < -0.39 is 48.1 Å². The molecule has 0 aliphatic carbocycles. The second kappa shape index (κ2) is 10.0. The number of hydrogen-bond acceptors (Lipinski definition) is 9. The highest BCUT2D eigenvalue weighted by Crippen LogP contribution is 2.35. The lowest BCUT2D eigenvalue weighted by Crippen LogP contribution is -2.65. The van der Waals surface area contributed by atoms with E-state index in [1.807, 2.05) is 0 Å². The third kappa shape index (κ3) is 5.34. The summed E-state index contributed by atoms with van der Waals surface area (Å²) in [7, 11) is 0. The maximum absolute atomic E-state index is 11.9. The second-order valence-corrected chi connectivity index (χ2v) is 7.63. The first-order chi connectivity index (χ1) is 15.6. The number of nitro groups is 1. The number of carbonyl (C=O) groups is 2. The van der Waals surface area contributed by atoms with Gasteiger partial charge in [0.2, 0.25) is 12.2 Å². The van der Waals surface area contributed by atoms with E-state index in [0.717, 1.165) is 0 Å². The molecular weight excluding hydrogens is 436 g/mol. The van der Waals surface area contributed by atoms with Gasteiger partial charge in [-0.2, -0.15) is 0 Å². The van der Waals surface area contributed by atoms with Crippen LogP contribution in [0.5, 0.6) is 5.75 Å². The van der Waals surface area contributed by atoms with Crippen LogP contribution in [-0.2, 0) is 9.53 Å². The fourth-order valence-corrected chi connectivity index (χ4v) is 3.58. The van der Waals surface area contributed by atoms with Gasteiger partial charge in [0.05, 0.1) is 11.5 Å². The minimum absolute atomic E-state index is 0.137. The molecule has 0 bridgehead atoms. The molecule has 33 heavy (non-hydrogen) atoms. The van der Waals surface area contributed by atoms with E-state index >= 15 is 0 Å². The van der Waals surface area contributed by atoms with Gasteiger partial charge in [0, 0.05) is 30.2 Å². The Morgan fingerprint density at radius 2 is 1.85 bits per heavy atom. The summed E-state index contributed by atoms with van der Waals surface area (Å²) >= 11 is 0. The number of ether oxygens (including phenoxy) is 2. The van der Waals surface area contributed by atoms with E-state index in [0.29, 0.717) is 11.1 Å². The minimum Gasteiger partial charge on any atom is -0.462 e. The highest BCUT2D eigenvalue weighted by molar-refractivity contribution is 5.96. The Labute approximate surface area is 188 Å². The fraction of sp³-hybridized carbons (Fsp3) is 0.364. The number of non-ortho nitro benzene ring substituents is 1. The lowest BCUT2D eigenvalue weighted by Gasteiger charge is -2.42. The SMILES string of the molecule is CC(=O)NC1[C@H](Oc2ccccc2-c2cc(C(C)=O)cc([N+](=O)[O-])c2)OC(CO)[C@H](O)[C@@H]1O. The van der Waals surface area contributed by atoms with Crippen molar-refractivity contribution in [1.82, 2.24) is 5.32 Å². The zero-order chi connectivity index (χ0) is 24.3. The molecule has 1 fully saturated rings. The van der Waals surface area contributed by atoms with E-state index in [1.165, 1.54) is 32.0 Å². The Kier molecular flexibility index (Phi) is 7.39. The van der Waals surface area contributed by atoms with Gasteiger partial charge in [-0.1, -0.05) is 18.2 Å². The Balaban J connectivity index is 2.03. The number of carbonyl (C=O) groups excluding carboxylic acids is 2. The van der Waals surface area contributed by atoms with Crippen LogP contribution in [0.15, 0.2) is 42.5 Å². The molecule has 3 rings (SSSR count). The Bertz CT molecular complexity index is 1030. The zero-order valence-electron chi connectivity index (χ0n) is 17.9. The van der Waals surface area contributed by atoms with Crippen molar-refractivity contribution in [3.63, 3.8) is 0 Å². The summed E-state index contributed by atoms with van der Waals surface area (Å²) in [5.41, 5.74) is 0.570. The van der Waals surface area contributed by atoms with Crippen LogP contribution in [0.3, 0.4) is 0 Å². The van der Waals surface area contributed by atoms with Gasteiger partial charge in [0.1, 0.15) is 30.1 Å². The van der Waals surface area contributed by atoms with Crippen LogP contribution >= 0.6 is 0 Å². The fourth-order valence-electron chi connectivity index (χ4n) is 3.58.